The average Bonchev–Trinajstić information content (AvgIpc) is 2.46. The van der Waals surface area contributed by atoms with E-state index in [-0.39, 0.29) is 16.9 Å². The normalized spacial score (nSPS) is 10.2. The van der Waals surface area contributed by atoms with E-state index in [9.17, 15) is 9.59 Å². The molecular formula is C16H18N2O3. The minimum Gasteiger partial charge on any atom is -0.497 e. The molecule has 110 valence electrons. The summed E-state index contributed by atoms with van der Waals surface area (Å²) in [5, 5.41) is 0. The Labute approximate surface area is 123 Å². The molecule has 1 N–H and O–H groups in total. The molecule has 2 rings (SSSR count). The Hall–Kier alpha value is -2.56. The largest absolute Gasteiger partial charge is 0.497 e. The van der Waals surface area contributed by atoms with Crippen molar-refractivity contribution in [2.45, 2.75) is 13.5 Å². The molecule has 0 saturated carbocycles. The van der Waals surface area contributed by atoms with Gasteiger partial charge in [-0.1, -0.05) is 12.1 Å². The van der Waals surface area contributed by atoms with Gasteiger partial charge in [0.2, 0.25) is 0 Å². The number of benzene rings is 1. The van der Waals surface area contributed by atoms with Gasteiger partial charge in [0.1, 0.15) is 11.3 Å². The zero-order valence-electron chi connectivity index (χ0n) is 12.3. The number of hydrogen-bond donors (Lipinski definition) is 1. The summed E-state index contributed by atoms with van der Waals surface area (Å²) < 4.78 is 5.16. The number of carbonyl (C=O) groups excluding carboxylic acids is 1. The van der Waals surface area contributed by atoms with Crippen LogP contribution in [0.5, 0.6) is 5.75 Å². The van der Waals surface area contributed by atoms with Gasteiger partial charge in [-0.05, 0) is 24.6 Å². The number of methoxy groups -OCH3 is 1. The molecule has 5 nitrogen and oxygen atoms in total. The molecule has 0 aliphatic rings. The number of aryl methyl sites for hydroxylation is 1. The molecule has 0 bridgehead atoms. The first-order valence-electron chi connectivity index (χ1n) is 6.59. The third kappa shape index (κ3) is 3.51. The lowest BCUT2D eigenvalue weighted by Crippen LogP contribution is -2.30. The molecule has 0 unspecified atom stereocenters. The van der Waals surface area contributed by atoms with E-state index in [1.807, 2.05) is 24.3 Å². The summed E-state index contributed by atoms with van der Waals surface area (Å²) in [5.41, 5.74) is 1.54. The zero-order valence-corrected chi connectivity index (χ0v) is 12.3. The molecule has 1 heterocycles. The van der Waals surface area contributed by atoms with Gasteiger partial charge in [0.05, 0.1) is 7.11 Å². The van der Waals surface area contributed by atoms with Crippen molar-refractivity contribution >= 4 is 5.91 Å². The number of aromatic nitrogens is 1. The number of nitrogens with one attached hydrogen (secondary N) is 1. The van der Waals surface area contributed by atoms with Crippen LogP contribution in [0.3, 0.4) is 0 Å². The van der Waals surface area contributed by atoms with Gasteiger partial charge in [-0.15, -0.1) is 0 Å². The van der Waals surface area contributed by atoms with E-state index >= 15 is 0 Å². The summed E-state index contributed by atoms with van der Waals surface area (Å²) in [6.45, 7) is 2.18. The molecule has 2 aromatic rings. The van der Waals surface area contributed by atoms with Crippen LogP contribution < -0.4 is 10.2 Å². The molecule has 5 heteroatoms. The first-order valence-corrected chi connectivity index (χ1v) is 6.59. The molecular weight excluding hydrogens is 268 g/mol. The Morgan fingerprint density at radius 2 is 2.10 bits per heavy atom. The van der Waals surface area contributed by atoms with Crippen LogP contribution in [0, 0.1) is 6.92 Å². The molecule has 0 aliphatic heterocycles. The standard InChI is InChI=1S/C16H18N2O3/c1-11-7-15(19)14(9-17-11)16(20)18(2)10-12-5-4-6-13(8-12)21-3/h4-9H,10H2,1-3H3,(H,17,19). The molecule has 0 radical (unpaired) electrons. The van der Waals surface area contributed by atoms with Crippen molar-refractivity contribution in [3.05, 3.63) is 63.6 Å². The smallest absolute Gasteiger partial charge is 0.259 e. The summed E-state index contributed by atoms with van der Waals surface area (Å²) in [5.74, 6) is 0.431. The van der Waals surface area contributed by atoms with Crippen LogP contribution in [0.1, 0.15) is 21.6 Å². The fourth-order valence-electron chi connectivity index (χ4n) is 2.06. The highest BCUT2D eigenvalue weighted by Gasteiger charge is 2.15. The van der Waals surface area contributed by atoms with Crippen molar-refractivity contribution < 1.29 is 9.53 Å². The number of rotatable bonds is 4. The van der Waals surface area contributed by atoms with Crippen LogP contribution in [-0.4, -0.2) is 29.9 Å². The SMILES string of the molecule is COc1cccc(CN(C)C(=O)c2c[nH]c(C)cc2=O)c1. The van der Waals surface area contributed by atoms with Gasteiger partial charge in [0.25, 0.3) is 5.91 Å². The van der Waals surface area contributed by atoms with Gasteiger partial charge in [-0.3, -0.25) is 9.59 Å². The Morgan fingerprint density at radius 3 is 2.76 bits per heavy atom. The van der Waals surface area contributed by atoms with E-state index < -0.39 is 0 Å². The van der Waals surface area contributed by atoms with Crippen LogP contribution in [0.15, 0.2) is 41.3 Å². The third-order valence-electron chi connectivity index (χ3n) is 3.19. The van der Waals surface area contributed by atoms with Crippen LogP contribution in [0.25, 0.3) is 0 Å². The topological polar surface area (TPSA) is 62.4 Å². The van der Waals surface area contributed by atoms with Crippen molar-refractivity contribution in [1.29, 1.82) is 0 Å². The fraction of sp³-hybridized carbons (Fsp3) is 0.250. The number of carbonyl (C=O) groups is 1. The van der Waals surface area contributed by atoms with E-state index in [4.69, 9.17) is 4.74 Å². The first kappa shape index (κ1) is 14.8. The number of H-pyrrole nitrogens is 1. The van der Waals surface area contributed by atoms with E-state index in [1.54, 1.807) is 21.1 Å². The third-order valence-corrected chi connectivity index (χ3v) is 3.19. The Bertz CT molecular complexity index is 707. The van der Waals surface area contributed by atoms with Gasteiger partial charge in [0, 0.05) is 31.5 Å². The van der Waals surface area contributed by atoms with Gasteiger partial charge < -0.3 is 14.6 Å². The highest BCUT2D eigenvalue weighted by Crippen LogP contribution is 2.14. The fourth-order valence-corrected chi connectivity index (χ4v) is 2.06. The van der Waals surface area contributed by atoms with Crippen molar-refractivity contribution in [3.8, 4) is 5.75 Å². The highest BCUT2D eigenvalue weighted by atomic mass is 16.5. The number of hydrogen-bond acceptors (Lipinski definition) is 3. The molecule has 1 amide bonds. The van der Waals surface area contributed by atoms with Crippen molar-refractivity contribution in [2.24, 2.45) is 0 Å². The molecule has 21 heavy (non-hydrogen) atoms. The van der Waals surface area contributed by atoms with E-state index in [0.717, 1.165) is 17.0 Å². The Balaban J connectivity index is 2.17. The maximum atomic E-state index is 12.3. The number of aromatic amines is 1. The van der Waals surface area contributed by atoms with Gasteiger partial charge in [-0.25, -0.2) is 0 Å². The van der Waals surface area contributed by atoms with E-state index in [2.05, 4.69) is 4.98 Å². The molecule has 1 aromatic heterocycles. The van der Waals surface area contributed by atoms with Gasteiger partial charge in [-0.2, -0.15) is 0 Å². The van der Waals surface area contributed by atoms with Crippen LogP contribution >= 0.6 is 0 Å². The molecule has 0 saturated heterocycles. The highest BCUT2D eigenvalue weighted by molar-refractivity contribution is 5.93. The van der Waals surface area contributed by atoms with E-state index in [1.165, 1.54) is 17.2 Å². The van der Waals surface area contributed by atoms with Gasteiger partial charge >= 0.3 is 0 Å². The van der Waals surface area contributed by atoms with Crippen LogP contribution in [-0.2, 0) is 6.54 Å². The molecule has 0 aliphatic carbocycles. The predicted molar refractivity (Wildman–Crippen MR) is 80.6 cm³/mol. The van der Waals surface area contributed by atoms with Crippen molar-refractivity contribution in [1.82, 2.24) is 9.88 Å². The minimum atomic E-state index is -0.306. The summed E-state index contributed by atoms with van der Waals surface area (Å²) >= 11 is 0. The second-order valence-corrected chi connectivity index (χ2v) is 4.91. The predicted octanol–water partition coefficient (Wildman–Crippen LogP) is 1.96. The van der Waals surface area contributed by atoms with Crippen LogP contribution in [0.2, 0.25) is 0 Å². The maximum absolute atomic E-state index is 12.3. The van der Waals surface area contributed by atoms with Crippen molar-refractivity contribution in [2.75, 3.05) is 14.2 Å². The molecule has 1 aromatic carbocycles. The Morgan fingerprint density at radius 1 is 1.33 bits per heavy atom. The lowest BCUT2D eigenvalue weighted by atomic mass is 10.1. The molecule has 0 fully saturated rings. The number of amides is 1. The Kier molecular flexibility index (Phi) is 4.42. The lowest BCUT2D eigenvalue weighted by Gasteiger charge is -2.17. The second kappa shape index (κ2) is 6.26. The summed E-state index contributed by atoms with van der Waals surface area (Å²) in [6.07, 6.45) is 1.46. The lowest BCUT2D eigenvalue weighted by molar-refractivity contribution is 0.0783. The van der Waals surface area contributed by atoms with E-state index in [0.29, 0.717) is 6.54 Å². The maximum Gasteiger partial charge on any atom is 0.259 e. The molecule has 0 atom stereocenters. The number of pyridine rings is 1. The first-order chi connectivity index (χ1) is 10.0. The number of ether oxygens (including phenoxy) is 1. The number of nitrogens with zero attached hydrogens (tertiary/aromatic N) is 1. The zero-order chi connectivity index (χ0) is 15.4. The monoisotopic (exact) mass is 286 g/mol. The summed E-state index contributed by atoms with van der Waals surface area (Å²) in [7, 11) is 3.26. The summed E-state index contributed by atoms with van der Waals surface area (Å²) in [6, 6.07) is 8.91. The summed E-state index contributed by atoms with van der Waals surface area (Å²) in [4.78, 5) is 28.6. The van der Waals surface area contributed by atoms with Crippen molar-refractivity contribution in [3.63, 3.8) is 0 Å². The average molecular weight is 286 g/mol. The van der Waals surface area contributed by atoms with Gasteiger partial charge in [0.15, 0.2) is 5.43 Å². The molecule has 0 spiro atoms. The quantitative estimate of drug-likeness (QED) is 0.934. The second-order valence-electron chi connectivity index (χ2n) is 4.91. The minimum absolute atomic E-state index is 0.144. The van der Waals surface area contributed by atoms with Crippen LogP contribution in [0.4, 0.5) is 0 Å².